The van der Waals surface area contributed by atoms with Gasteiger partial charge in [-0.15, -0.1) is 0 Å². The predicted octanol–water partition coefficient (Wildman–Crippen LogP) is 4.14. The van der Waals surface area contributed by atoms with Crippen LogP contribution in [0.25, 0.3) is 6.08 Å². The zero-order chi connectivity index (χ0) is 14.5. The number of halogens is 2. The summed E-state index contributed by atoms with van der Waals surface area (Å²) in [7, 11) is 1.50. The molecule has 0 saturated carbocycles. The molecule has 0 radical (unpaired) electrons. The van der Waals surface area contributed by atoms with Gasteiger partial charge in [-0.25, -0.2) is 4.98 Å². The Balaban J connectivity index is 2.21. The van der Waals surface area contributed by atoms with Crippen LogP contribution in [0.4, 0.5) is 0 Å². The third-order valence-electron chi connectivity index (χ3n) is 2.70. The number of pyridine rings is 1. The molecule has 1 heterocycles. The van der Waals surface area contributed by atoms with Crippen LogP contribution < -0.4 is 4.74 Å². The number of benzene rings is 1. The fourth-order valence-corrected chi connectivity index (χ4v) is 2.00. The molecular formula is C15H13Cl2NO2. The van der Waals surface area contributed by atoms with Gasteiger partial charge in [0.2, 0.25) is 5.88 Å². The predicted molar refractivity (Wildman–Crippen MR) is 81.2 cm³/mol. The van der Waals surface area contributed by atoms with E-state index in [1.807, 2.05) is 12.1 Å². The molecule has 0 aliphatic carbocycles. The van der Waals surface area contributed by atoms with Crippen LogP contribution in [0.5, 0.6) is 5.88 Å². The van der Waals surface area contributed by atoms with Crippen LogP contribution in [0.3, 0.4) is 0 Å². The fraction of sp³-hybridized carbons (Fsp3) is 0.133. The van der Waals surface area contributed by atoms with Crippen LogP contribution in [0, 0.1) is 0 Å². The third kappa shape index (κ3) is 3.73. The van der Waals surface area contributed by atoms with Crippen molar-refractivity contribution in [2.24, 2.45) is 0 Å². The van der Waals surface area contributed by atoms with Crippen molar-refractivity contribution in [3.8, 4) is 5.88 Å². The molecule has 20 heavy (non-hydrogen) atoms. The van der Waals surface area contributed by atoms with Crippen molar-refractivity contribution in [2.45, 2.75) is 6.10 Å². The van der Waals surface area contributed by atoms with E-state index in [1.54, 1.807) is 30.4 Å². The molecule has 1 atom stereocenters. The second-order valence-electron chi connectivity index (χ2n) is 4.11. The molecule has 0 bridgehead atoms. The summed E-state index contributed by atoms with van der Waals surface area (Å²) in [6.45, 7) is 0. The number of hydrogen-bond donors (Lipinski definition) is 1. The summed E-state index contributed by atoms with van der Waals surface area (Å²) in [5.74, 6) is 0.350. The molecule has 1 N–H and O–H groups in total. The van der Waals surface area contributed by atoms with Crippen LogP contribution >= 0.6 is 23.2 Å². The highest BCUT2D eigenvalue weighted by Crippen LogP contribution is 2.27. The Morgan fingerprint density at radius 1 is 1.20 bits per heavy atom. The van der Waals surface area contributed by atoms with Gasteiger partial charge in [-0.3, -0.25) is 0 Å². The maximum absolute atomic E-state index is 10.2. The Kier molecular flexibility index (Phi) is 5.01. The average molecular weight is 310 g/mol. The van der Waals surface area contributed by atoms with Crippen molar-refractivity contribution in [3.05, 3.63) is 63.8 Å². The Labute approximate surface area is 127 Å². The molecule has 5 heteroatoms. The zero-order valence-corrected chi connectivity index (χ0v) is 12.3. The molecule has 1 aromatic heterocycles. The van der Waals surface area contributed by atoms with E-state index in [9.17, 15) is 5.11 Å². The lowest BCUT2D eigenvalue weighted by molar-refractivity contribution is 0.222. The molecule has 0 spiro atoms. The Bertz CT molecular complexity index is 612. The van der Waals surface area contributed by atoms with Crippen molar-refractivity contribution in [2.75, 3.05) is 7.11 Å². The van der Waals surface area contributed by atoms with Crippen molar-refractivity contribution in [3.63, 3.8) is 0 Å². The molecule has 0 amide bonds. The highest BCUT2D eigenvalue weighted by atomic mass is 35.5. The summed E-state index contributed by atoms with van der Waals surface area (Å²) in [5.41, 5.74) is 1.45. The Morgan fingerprint density at radius 3 is 2.55 bits per heavy atom. The SMILES string of the molecule is COc1ncc(Cl)cc1C(O)C=Cc1ccc(Cl)cc1. The van der Waals surface area contributed by atoms with Crippen LogP contribution in [0.2, 0.25) is 10.0 Å². The number of hydrogen-bond acceptors (Lipinski definition) is 3. The number of rotatable bonds is 4. The van der Waals surface area contributed by atoms with Crippen LogP contribution in [-0.2, 0) is 0 Å². The molecule has 0 aliphatic rings. The summed E-state index contributed by atoms with van der Waals surface area (Å²) in [4.78, 5) is 4.02. The number of nitrogens with zero attached hydrogens (tertiary/aromatic N) is 1. The van der Waals surface area contributed by atoms with E-state index in [4.69, 9.17) is 27.9 Å². The number of methoxy groups -OCH3 is 1. The highest BCUT2D eigenvalue weighted by Gasteiger charge is 2.12. The Hall–Kier alpha value is -1.55. The number of aliphatic hydroxyl groups is 1. The molecule has 1 unspecified atom stereocenters. The molecule has 0 saturated heterocycles. The van der Waals surface area contributed by atoms with E-state index >= 15 is 0 Å². The largest absolute Gasteiger partial charge is 0.481 e. The maximum atomic E-state index is 10.2. The Morgan fingerprint density at radius 2 is 1.90 bits per heavy atom. The number of aliphatic hydroxyl groups excluding tert-OH is 1. The summed E-state index contributed by atoms with van der Waals surface area (Å²) in [5, 5.41) is 11.3. The zero-order valence-electron chi connectivity index (χ0n) is 10.8. The molecule has 1 aromatic carbocycles. The minimum absolute atomic E-state index is 0.350. The number of ether oxygens (including phenoxy) is 1. The van der Waals surface area contributed by atoms with Gasteiger partial charge < -0.3 is 9.84 Å². The second-order valence-corrected chi connectivity index (χ2v) is 4.98. The monoisotopic (exact) mass is 309 g/mol. The van der Waals surface area contributed by atoms with Gasteiger partial charge in [0.15, 0.2) is 0 Å². The van der Waals surface area contributed by atoms with Gasteiger partial charge in [-0.2, -0.15) is 0 Å². The fourth-order valence-electron chi connectivity index (χ4n) is 1.70. The van der Waals surface area contributed by atoms with E-state index in [2.05, 4.69) is 4.98 Å². The standard InChI is InChI=1S/C15H13Cl2NO2/c1-20-15-13(8-12(17)9-18-15)14(19)7-4-10-2-5-11(16)6-3-10/h2-9,14,19H,1H3. The molecule has 3 nitrogen and oxygen atoms in total. The van der Waals surface area contributed by atoms with Gasteiger partial charge in [0, 0.05) is 16.8 Å². The lowest BCUT2D eigenvalue weighted by atomic mass is 10.1. The average Bonchev–Trinajstić information content (AvgIpc) is 2.46. The first kappa shape index (κ1) is 14.9. The van der Waals surface area contributed by atoms with Gasteiger partial charge in [0.1, 0.15) is 6.10 Å². The lowest BCUT2D eigenvalue weighted by Gasteiger charge is -2.10. The van der Waals surface area contributed by atoms with E-state index in [0.717, 1.165) is 5.56 Å². The maximum Gasteiger partial charge on any atom is 0.219 e. The minimum Gasteiger partial charge on any atom is -0.481 e. The molecule has 0 aliphatic heterocycles. The molecule has 104 valence electrons. The van der Waals surface area contributed by atoms with Crippen LogP contribution in [0.15, 0.2) is 42.6 Å². The molecule has 2 rings (SSSR count). The third-order valence-corrected chi connectivity index (χ3v) is 3.16. The summed E-state index contributed by atoms with van der Waals surface area (Å²) in [6, 6.07) is 8.92. The van der Waals surface area contributed by atoms with Crippen molar-refractivity contribution >= 4 is 29.3 Å². The first-order valence-corrected chi connectivity index (χ1v) is 6.67. The van der Waals surface area contributed by atoms with Gasteiger partial charge >= 0.3 is 0 Å². The van der Waals surface area contributed by atoms with Gasteiger partial charge in [0.05, 0.1) is 12.1 Å². The molecule has 2 aromatic rings. The van der Waals surface area contributed by atoms with E-state index in [0.29, 0.717) is 21.5 Å². The van der Waals surface area contributed by atoms with Gasteiger partial charge in [-0.05, 0) is 23.8 Å². The first-order valence-electron chi connectivity index (χ1n) is 5.91. The van der Waals surface area contributed by atoms with Gasteiger partial charge in [0.25, 0.3) is 0 Å². The molecule has 0 fully saturated rings. The van der Waals surface area contributed by atoms with Gasteiger partial charge in [-0.1, -0.05) is 47.5 Å². The molecular weight excluding hydrogens is 297 g/mol. The first-order chi connectivity index (χ1) is 9.60. The van der Waals surface area contributed by atoms with E-state index < -0.39 is 6.10 Å². The van der Waals surface area contributed by atoms with Crippen molar-refractivity contribution < 1.29 is 9.84 Å². The number of aromatic nitrogens is 1. The lowest BCUT2D eigenvalue weighted by Crippen LogP contribution is -1.99. The highest BCUT2D eigenvalue weighted by molar-refractivity contribution is 6.30. The van der Waals surface area contributed by atoms with Crippen LogP contribution in [0.1, 0.15) is 17.2 Å². The summed E-state index contributed by atoms with van der Waals surface area (Å²) < 4.78 is 5.11. The normalized spacial score (nSPS) is 12.6. The second kappa shape index (κ2) is 6.75. The quantitative estimate of drug-likeness (QED) is 0.922. The van der Waals surface area contributed by atoms with E-state index in [1.165, 1.54) is 13.3 Å². The van der Waals surface area contributed by atoms with Crippen molar-refractivity contribution in [1.82, 2.24) is 4.98 Å². The van der Waals surface area contributed by atoms with Crippen LogP contribution in [-0.4, -0.2) is 17.2 Å². The van der Waals surface area contributed by atoms with Crippen molar-refractivity contribution in [1.29, 1.82) is 0 Å². The smallest absolute Gasteiger partial charge is 0.219 e. The minimum atomic E-state index is -0.855. The van der Waals surface area contributed by atoms with E-state index in [-0.39, 0.29) is 0 Å². The summed E-state index contributed by atoms with van der Waals surface area (Å²) >= 11 is 11.7. The summed E-state index contributed by atoms with van der Waals surface area (Å²) in [6.07, 6.45) is 4.05. The topological polar surface area (TPSA) is 42.4 Å².